The van der Waals surface area contributed by atoms with E-state index in [-0.39, 0.29) is 12.5 Å². The van der Waals surface area contributed by atoms with Gasteiger partial charge >= 0.3 is 0 Å². The van der Waals surface area contributed by atoms with Gasteiger partial charge in [0, 0.05) is 24.5 Å². The second-order valence-corrected chi connectivity index (χ2v) is 4.34. The van der Waals surface area contributed by atoms with Crippen LogP contribution in [0.25, 0.3) is 0 Å². The standard InChI is InChI=1S/C15H16N2O2/c1-11-5-3-4-6-14(11)17(2)15(19)12-7-8-16-13(9-12)10-18/h3-9,18H,10H2,1-2H3. The van der Waals surface area contributed by atoms with Gasteiger partial charge in [0.1, 0.15) is 0 Å². The van der Waals surface area contributed by atoms with Crippen molar-refractivity contribution >= 4 is 11.6 Å². The molecule has 98 valence electrons. The molecular weight excluding hydrogens is 240 g/mol. The zero-order chi connectivity index (χ0) is 13.8. The molecule has 0 unspecified atom stereocenters. The van der Waals surface area contributed by atoms with Crippen LogP contribution in [0.1, 0.15) is 21.6 Å². The molecule has 0 aliphatic heterocycles. The van der Waals surface area contributed by atoms with Crippen LogP contribution in [-0.2, 0) is 6.61 Å². The van der Waals surface area contributed by atoms with E-state index >= 15 is 0 Å². The third kappa shape index (κ3) is 2.80. The molecule has 2 aromatic rings. The van der Waals surface area contributed by atoms with Crippen LogP contribution in [0.4, 0.5) is 5.69 Å². The zero-order valence-electron chi connectivity index (χ0n) is 11.0. The zero-order valence-corrected chi connectivity index (χ0v) is 11.0. The van der Waals surface area contributed by atoms with E-state index in [1.807, 2.05) is 31.2 Å². The van der Waals surface area contributed by atoms with Crippen molar-refractivity contribution in [3.8, 4) is 0 Å². The molecule has 4 nitrogen and oxygen atoms in total. The fraction of sp³-hybridized carbons (Fsp3) is 0.200. The van der Waals surface area contributed by atoms with Crippen LogP contribution >= 0.6 is 0 Å². The molecular formula is C15H16N2O2. The first-order valence-electron chi connectivity index (χ1n) is 6.03. The number of amides is 1. The van der Waals surface area contributed by atoms with Crippen molar-refractivity contribution in [2.75, 3.05) is 11.9 Å². The minimum atomic E-state index is -0.171. The summed E-state index contributed by atoms with van der Waals surface area (Å²) < 4.78 is 0. The lowest BCUT2D eigenvalue weighted by Crippen LogP contribution is -2.27. The van der Waals surface area contributed by atoms with Gasteiger partial charge in [-0.3, -0.25) is 9.78 Å². The van der Waals surface area contributed by atoms with E-state index in [0.29, 0.717) is 11.3 Å². The lowest BCUT2D eigenvalue weighted by Gasteiger charge is -2.19. The fourth-order valence-corrected chi connectivity index (χ4v) is 1.94. The minimum Gasteiger partial charge on any atom is -0.390 e. The number of para-hydroxylation sites is 1. The third-order valence-corrected chi connectivity index (χ3v) is 3.01. The number of hydrogen-bond donors (Lipinski definition) is 1. The number of aryl methyl sites for hydroxylation is 1. The van der Waals surface area contributed by atoms with E-state index in [1.54, 1.807) is 24.1 Å². The molecule has 2 rings (SSSR count). The maximum Gasteiger partial charge on any atom is 0.258 e. The number of hydrogen-bond acceptors (Lipinski definition) is 3. The number of aliphatic hydroxyl groups excluding tert-OH is 1. The minimum absolute atomic E-state index is 0.119. The van der Waals surface area contributed by atoms with Crippen molar-refractivity contribution in [2.45, 2.75) is 13.5 Å². The smallest absolute Gasteiger partial charge is 0.258 e. The average molecular weight is 256 g/mol. The van der Waals surface area contributed by atoms with Crippen molar-refractivity contribution < 1.29 is 9.90 Å². The van der Waals surface area contributed by atoms with Crippen molar-refractivity contribution in [2.24, 2.45) is 0 Å². The van der Waals surface area contributed by atoms with Crippen LogP contribution in [0.2, 0.25) is 0 Å². The number of pyridine rings is 1. The van der Waals surface area contributed by atoms with Gasteiger partial charge in [-0.15, -0.1) is 0 Å². The Morgan fingerprint density at radius 3 is 2.74 bits per heavy atom. The maximum atomic E-state index is 12.4. The summed E-state index contributed by atoms with van der Waals surface area (Å²) >= 11 is 0. The summed E-state index contributed by atoms with van der Waals surface area (Å²) in [5.74, 6) is -0.119. The number of carbonyl (C=O) groups excluding carboxylic acids is 1. The Morgan fingerprint density at radius 2 is 2.05 bits per heavy atom. The molecule has 0 bridgehead atoms. The van der Waals surface area contributed by atoms with Gasteiger partial charge < -0.3 is 10.0 Å². The predicted octanol–water partition coefficient (Wildman–Crippen LogP) is 2.16. The number of aromatic nitrogens is 1. The van der Waals surface area contributed by atoms with Gasteiger partial charge in [0.2, 0.25) is 0 Å². The molecule has 19 heavy (non-hydrogen) atoms. The third-order valence-electron chi connectivity index (χ3n) is 3.01. The normalized spacial score (nSPS) is 10.3. The van der Waals surface area contributed by atoms with Crippen LogP contribution < -0.4 is 4.90 Å². The summed E-state index contributed by atoms with van der Waals surface area (Å²) in [6.07, 6.45) is 1.53. The predicted molar refractivity (Wildman–Crippen MR) is 74.1 cm³/mol. The lowest BCUT2D eigenvalue weighted by molar-refractivity contribution is 0.0992. The van der Waals surface area contributed by atoms with E-state index in [1.165, 1.54) is 6.20 Å². The van der Waals surface area contributed by atoms with Crippen molar-refractivity contribution in [1.82, 2.24) is 4.98 Å². The lowest BCUT2D eigenvalue weighted by atomic mass is 10.1. The molecule has 1 N–H and O–H groups in total. The van der Waals surface area contributed by atoms with Gasteiger partial charge in [0.25, 0.3) is 5.91 Å². The van der Waals surface area contributed by atoms with E-state index in [2.05, 4.69) is 4.98 Å². The van der Waals surface area contributed by atoms with Crippen LogP contribution in [0.3, 0.4) is 0 Å². The first-order valence-corrected chi connectivity index (χ1v) is 6.03. The molecule has 0 radical (unpaired) electrons. The molecule has 0 aliphatic rings. The highest BCUT2D eigenvalue weighted by atomic mass is 16.3. The quantitative estimate of drug-likeness (QED) is 0.915. The van der Waals surface area contributed by atoms with Crippen molar-refractivity contribution in [3.63, 3.8) is 0 Å². The van der Waals surface area contributed by atoms with E-state index in [9.17, 15) is 4.79 Å². The number of benzene rings is 1. The summed E-state index contributed by atoms with van der Waals surface area (Å²) in [4.78, 5) is 18.0. The van der Waals surface area contributed by atoms with Crippen molar-refractivity contribution in [3.05, 3.63) is 59.4 Å². The van der Waals surface area contributed by atoms with Crippen LogP contribution in [-0.4, -0.2) is 23.0 Å². The molecule has 1 heterocycles. The van der Waals surface area contributed by atoms with E-state index in [0.717, 1.165) is 11.3 Å². The number of carbonyl (C=O) groups is 1. The Morgan fingerprint density at radius 1 is 1.32 bits per heavy atom. The molecule has 1 aromatic heterocycles. The SMILES string of the molecule is Cc1ccccc1N(C)C(=O)c1ccnc(CO)c1. The monoisotopic (exact) mass is 256 g/mol. The van der Waals surface area contributed by atoms with Gasteiger partial charge in [0.05, 0.1) is 12.3 Å². The van der Waals surface area contributed by atoms with E-state index < -0.39 is 0 Å². The summed E-state index contributed by atoms with van der Waals surface area (Å²) in [7, 11) is 1.74. The summed E-state index contributed by atoms with van der Waals surface area (Å²) in [5, 5.41) is 9.06. The summed E-state index contributed by atoms with van der Waals surface area (Å²) in [6.45, 7) is 1.79. The highest BCUT2D eigenvalue weighted by Crippen LogP contribution is 2.20. The Kier molecular flexibility index (Phi) is 3.92. The number of nitrogens with zero attached hydrogens (tertiary/aromatic N) is 2. The molecule has 0 saturated heterocycles. The molecule has 0 saturated carbocycles. The molecule has 4 heteroatoms. The van der Waals surface area contributed by atoms with Gasteiger partial charge in [-0.1, -0.05) is 18.2 Å². The van der Waals surface area contributed by atoms with Gasteiger partial charge in [0.15, 0.2) is 0 Å². The Labute approximate surface area is 112 Å². The van der Waals surface area contributed by atoms with E-state index in [4.69, 9.17) is 5.11 Å². The fourth-order valence-electron chi connectivity index (χ4n) is 1.94. The topological polar surface area (TPSA) is 53.4 Å². The van der Waals surface area contributed by atoms with Crippen LogP contribution in [0.15, 0.2) is 42.6 Å². The molecule has 0 fully saturated rings. The van der Waals surface area contributed by atoms with Gasteiger partial charge in [-0.05, 0) is 30.7 Å². The largest absolute Gasteiger partial charge is 0.390 e. The molecule has 1 aromatic carbocycles. The van der Waals surface area contributed by atoms with Gasteiger partial charge in [-0.2, -0.15) is 0 Å². The Bertz CT molecular complexity index is 596. The highest BCUT2D eigenvalue weighted by molar-refractivity contribution is 6.06. The van der Waals surface area contributed by atoms with Crippen LogP contribution in [0.5, 0.6) is 0 Å². The maximum absolute atomic E-state index is 12.4. The van der Waals surface area contributed by atoms with Crippen molar-refractivity contribution in [1.29, 1.82) is 0 Å². The summed E-state index contributed by atoms with van der Waals surface area (Å²) in [5.41, 5.74) is 2.92. The Balaban J connectivity index is 2.31. The molecule has 1 amide bonds. The molecule has 0 atom stereocenters. The number of rotatable bonds is 3. The Hall–Kier alpha value is -2.20. The first kappa shape index (κ1) is 13.2. The second kappa shape index (κ2) is 5.63. The number of aliphatic hydroxyl groups is 1. The summed E-state index contributed by atoms with van der Waals surface area (Å²) in [6, 6.07) is 11.0. The van der Waals surface area contributed by atoms with Gasteiger partial charge in [-0.25, -0.2) is 0 Å². The average Bonchev–Trinajstić information content (AvgIpc) is 2.46. The highest BCUT2D eigenvalue weighted by Gasteiger charge is 2.15. The first-order chi connectivity index (χ1) is 9.13. The number of anilines is 1. The van der Waals surface area contributed by atoms with Crippen LogP contribution in [0, 0.1) is 6.92 Å². The molecule has 0 spiro atoms. The molecule has 0 aliphatic carbocycles. The second-order valence-electron chi connectivity index (χ2n) is 4.34.